The molecule has 0 bridgehead atoms. The number of nitro groups is 1. The van der Waals surface area contributed by atoms with Gasteiger partial charge in [-0.3, -0.25) is 10.1 Å². The summed E-state index contributed by atoms with van der Waals surface area (Å²) >= 11 is 0. The maximum Gasteiger partial charge on any atom is 0.269 e. The van der Waals surface area contributed by atoms with E-state index >= 15 is 0 Å². The first kappa shape index (κ1) is 13.9. The molecule has 0 aromatic heterocycles. The largest absolute Gasteiger partial charge is 0.385 e. The summed E-state index contributed by atoms with van der Waals surface area (Å²) in [6.45, 7) is 0.517. The molecule has 0 heterocycles. The molecule has 2 aromatic carbocycles. The van der Waals surface area contributed by atoms with Crippen molar-refractivity contribution in [2.75, 3.05) is 11.9 Å². The highest BCUT2D eigenvalue weighted by atomic mass is 19.2. The van der Waals surface area contributed by atoms with Crippen LogP contribution >= 0.6 is 0 Å². The van der Waals surface area contributed by atoms with Gasteiger partial charge in [-0.1, -0.05) is 12.1 Å². The molecule has 0 aliphatic heterocycles. The Kier molecular flexibility index (Phi) is 4.24. The van der Waals surface area contributed by atoms with E-state index in [4.69, 9.17) is 0 Å². The summed E-state index contributed by atoms with van der Waals surface area (Å²) in [5, 5.41) is 13.5. The third kappa shape index (κ3) is 3.50. The lowest BCUT2D eigenvalue weighted by molar-refractivity contribution is -0.384. The smallest absolute Gasteiger partial charge is 0.269 e. The van der Waals surface area contributed by atoms with E-state index in [1.807, 2.05) is 0 Å². The zero-order valence-corrected chi connectivity index (χ0v) is 10.5. The predicted octanol–water partition coefficient (Wildman–Crippen LogP) is 3.53. The Morgan fingerprint density at radius 2 is 1.75 bits per heavy atom. The van der Waals surface area contributed by atoms with Crippen molar-refractivity contribution in [3.63, 3.8) is 0 Å². The number of nitro benzene ring substituents is 1. The first-order valence-corrected chi connectivity index (χ1v) is 5.98. The fourth-order valence-electron chi connectivity index (χ4n) is 1.74. The highest BCUT2D eigenvalue weighted by molar-refractivity contribution is 5.43. The second-order valence-corrected chi connectivity index (χ2v) is 4.23. The molecule has 6 heteroatoms. The number of hydrogen-bond donors (Lipinski definition) is 1. The Balaban J connectivity index is 1.89. The fourth-order valence-corrected chi connectivity index (χ4v) is 1.74. The van der Waals surface area contributed by atoms with Crippen LogP contribution in [0.4, 0.5) is 20.2 Å². The molecular weight excluding hydrogens is 266 g/mol. The maximum atomic E-state index is 13.0. The first-order valence-electron chi connectivity index (χ1n) is 5.98. The molecule has 0 unspecified atom stereocenters. The van der Waals surface area contributed by atoms with Gasteiger partial charge < -0.3 is 5.32 Å². The quantitative estimate of drug-likeness (QED) is 0.672. The number of hydrogen-bond acceptors (Lipinski definition) is 3. The topological polar surface area (TPSA) is 55.2 Å². The lowest BCUT2D eigenvalue weighted by Gasteiger charge is -2.06. The second-order valence-electron chi connectivity index (χ2n) is 4.23. The number of nitrogens with zero attached hydrogens (tertiary/aromatic N) is 1. The minimum atomic E-state index is -0.898. The van der Waals surface area contributed by atoms with Crippen LogP contribution in [0.2, 0.25) is 0 Å². The van der Waals surface area contributed by atoms with Crippen LogP contribution in [-0.4, -0.2) is 11.5 Å². The first-order chi connectivity index (χ1) is 9.56. The predicted molar refractivity (Wildman–Crippen MR) is 71.6 cm³/mol. The van der Waals surface area contributed by atoms with Gasteiger partial charge in [0.1, 0.15) is 0 Å². The molecule has 2 aromatic rings. The van der Waals surface area contributed by atoms with Crippen LogP contribution in [0.1, 0.15) is 5.56 Å². The van der Waals surface area contributed by atoms with Crippen molar-refractivity contribution < 1.29 is 13.7 Å². The standard InChI is InChI=1S/C14H12F2N2O2/c15-13-6-3-11(9-14(13)16)17-8-7-10-1-4-12(5-2-10)18(19)20/h1-6,9,17H,7-8H2. The van der Waals surface area contributed by atoms with E-state index in [0.717, 1.165) is 17.7 Å². The molecule has 2 rings (SSSR count). The molecule has 1 N–H and O–H groups in total. The Morgan fingerprint density at radius 3 is 2.35 bits per heavy atom. The summed E-state index contributed by atoms with van der Waals surface area (Å²) in [6.07, 6.45) is 0.622. The van der Waals surface area contributed by atoms with E-state index in [2.05, 4.69) is 5.32 Å². The summed E-state index contributed by atoms with van der Waals surface area (Å²) in [5.74, 6) is -1.78. The van der Waals surface area contributed by atoms with Gasteiger partial charge in [0.25, 0.3) is 5.69 Å². The minimum Gasteiger partial charge on any atom is -0.385 e. The van der Waals surface area contributed by atoms with E-state index in [1.54, 1.807) is 12.1 Å². The number of anilines is 1. The molecule has 0 spiro atoms. The Morgan fingerprint density at radius 1 is 1.05 bits per heavy atom. The monoisotopic (exact) mass is 278 g/mol. The SMILES string of the molecule is O=[N+]([O-])c1ccc(CCNc2ccc(F)c(F)c2)cc1. The molecule has 20 heavy (non-hydrogen) atoms. The minimum absolute atomic E-state index is 0.0438. The molecule has 0 saturated carbocycles. The fraction of sp³-hybridized carbons (Fsp3) is 0.143. The van der Waals surface area contributed by atoms with Crippen LogP contribution in [0.25, 0.3) is 0 Å². The van der Waals surface area contributed by atoms with Gasteiger partial charge in [0.05, 0.1) is 4.92 Å². The molecule has 0 radical (unpaired) electrons. The molecule has 0 aliphatic carbocycles. The zero-order valence-electron chi connectivity index (χ0n) is 10.5. The Labute approximate surface area is 114 Å². The van der Waals surface area contributed by atoms with Crippen molar-refractivity contribution in [3.05, 3.63) is 69.8 Å². The summed E-state index contributed by atoms with van der Waals surface area (Å²) in [7, 11) is 0. The Bertz CT molecular complexity index is 615. The van der Waals surface area contributed by atoms with Crippen LogP contribution < -0.4 is 5.32 Å². The molecular formula is C14H12F2N2O2. The summed E-state index contributed by atoms with van der Waals surface area (Å²) < 4.78 is 25.7. The molecule has 0 saturated heterocycles. The van der Waals surface area contributed by atoms with Gasteiger partial charge in [-0.05, 0) is 30.2 Å². The summed E-state index contributed by atoms with van der Waals surface area (Å²) in [6, 6.07) is 9.82. The number of rotatable bonds is 5. The highest BCUT2D eigenvalue weighted by Crippen LogP contribution is 2.14. The maximum absolute atomic E-state index is 13.0. The normalized spacial score (nSPS) is 10.3. The molecule has 0 fully saturated rings. The average Bonchev–Trinajstić information content (AvgIpc) is 2.43. The average molecular weight is 278 g/mol. The molecule has 4 nitrogen and oxygen atoms in total. The third-order valence-electron chi connectivity index (χ3n) is 2.81. The van der Waals surface area contributed by atoms with Crippen LogP contribution in [0, 0.1) is 21.7 Å². The van der Waals surface area contributed by atoms with E-state index in [9.17, 15) is 18.9 Å². The third-order valence-corrected chi connectivity index (χ3v) is 2.81. The van der Waals surface area contributed by atoms with Crippen LogP contribution in [-0.2, 0) is 6.42 Å². The Hall–Kier alpha value is -2.50. The number of nitrogens with one attached hydrogen (secondary N) is 1. The van der Waals surface area contributed by atoms with Gasteiger partial charge in [0.15, 0.2) is 11.6 Å². The summed E-state index contributed by atoms with van der Waals surface area (Å²) in [4.78, 5) is 10.0. The van der Waals surface area contributed by atoms with E-state index in [0.29, 0.717) is 18.7 Å². The highest BCUT2D eigenvalue weighted by Gasteiger charge is 2.04. The van der Waals surface area contributed by atoms with Crippen molar-refractivity contribution >= 4 is 11.4 Å². The molecule has 0 atom stereocenters. The number of halogens is 2. The number of non-ortho nitro benzene ring substituents is 1. The van der Waals surface area contributed by atoms with Crippen molar-refractivity contribution in [1.82, 2.24) is 0 Å². The van der Waals surface area contributed by atoms with E-state index in [1.165, 1.54) is 18.2 Å². The van der Waals surface area contributed by atoms with Crippen LogP contribution in [0.5, 0.6) is 0 Å². The molecule has 0 amide bonds. The van der Waals surface area contributed by atoms with Crippen molar-refractivity contribution in [3.8, 4) is 0 Å². The molecule has 104 valence electrons. The lowest BCUT2D eigenvalue weighted by Crippen LogP contribution is -2.05. The van der Waals surface area contributed by atoms with Gasteiger partial charge >= 0.3 is 0 Å². The van der Waals surface area contributed by atoms with Crippen molar-refractivity contribution in [1.29, 1.82) is 0 Å². The second kappa shape index (κ2) is 6.10. The van der Waals surface area contributed by atoms with E-state index in [-0.39, 0.29) is 5.69 Å². The van der Waals surface area contributed by atoms with Crippen LogP contribution in [0.3, 0.4) is 0 Å². The van der Waals surface area contributed by atoms with Crippen molar-refractivity contribution in [2.24, 2.45) is 0 Å². The van der Waals surface area contributed by atoms with Gasteiger partial charge in [-0.15, -0.1) is 0 Å². The van der Waals surface area contributed by atoms with Crippen molar-refractivity contribution in [2.45, 2.75) is 6.42 Å². The number of benzene rings is 2. The zero-order chi connectivity index (χ0) is 14.5. The van der Waals surface area contributed by atoms with Gasteiger partial charge in [0.2, 0.25) is 0 Å². The van der Waals surface area contributed by atoms with Gasteiger partial charge in [-0.2, -0.15) is 0 Å². The molecule has 0 aliphatic rings. The van der Waals surface area contributed by atoms with Gasteiger partial charge in [0, 0.05) is 24.4 Å². The summed E-state index contributed by atoms with van der Waals surface area (Å²) in [5.41, 5.74) is 1.46. The van der Waals surface area contributed by atoms with Gasteiger partial charge in [-0.25, -0.2) is 8.78 Å². The van der Waals surface area contributed by atoms with Crippen LogP contribution in [0.15, 0.2) is 42.5 Å². The lowest BCUT2D eigenvalue weighted by atomic mass is 10.1. The van der Waals surface area contributed by atoms with E-state index < -0.39 is 16.6 Å².